The quantitative estimate of drug-likeness (QED) is 0.790. The summed E-state index contributed by atoms with van der Waals surface area (Å²) in [6, 6.07) is 8.69. The minimum Gasteiger partial charge on any atom is -0.313 e. The highest BCUT2D eigenvalue weighted by Crippen LogP contribution is 2.22. The van der Waals surface area contributed by atoms with Crippen molar-refractivity contribution < 1.29 is 0 Å². The molecule has 5 heteroatoms. The van der Waals surface area contributed by atoms with E-state index in [9.17, 15) is 0 Å². The van der Waals surface area contributed by atoms with Crippen molar-refractivity contribution in [2.24, 2.45) is 0 Å². The Morgan fingerprint density at radius 1 is 1.21 bits per heavy atom. The van der Waals surface area contributed by atoms with E-state index in [1.54, 1.807) is 18.1 Å². The summed E-state index contributed by atoms with van der Waals surface area (Å²) in [7, 11) is 0. The van der Waals surface area contributed by atoms with Gasteiger partial charge in [-0.05, 0) is 31.2 Å². The van der Waals surface area contributed by atoms with E-state index in [4.69, 9.17) is 0 Å². The Balaban J connectivity index is 1.89. The second-order valence-corrected chi connectivity index (χ2v) is 5.25. The van der Waals surface area contributed by atoms with Gasteiger partial charge in [-0.3, -0.25) is 0 Å². The van der Waals surface area contributed by atoms with Gasteiger partial charge in [-0.25, -0.2) is 9.67 Å². The highest BCUT2D eigenvalue weighted by atomic mass is 32.2. The van der Waals surface area contributed by atoms with Crippen molar-refractivity contribution in [2.45, 2.75) is 37.6 Å². The molecule has 1 aromatic carbocycles. The van der Waals surface area contributed by atoms with Gasteiger partial charge in [-0.1, -0.05) is 19.1 Å². The van der Waals surface area contributed by atoms with Crippen molar-refractivity contribution in [2.75, 3.05) is 6.54 Å². The lowest BCUT2D eigenvalue weighted by molar-refractivity contribution is 0.632. The van der Waals surface area contributed by atoms with Crippen LogP contribution in [-0.4, -0.2) is 21.3 Å². The van der Waals surface area contributed by atoms with Gasteiger partial charge >= 0.3 is 0 Å². The molecule has 4 nitrogen and oxygen atoms in total. The monoisotopic (exact) mass is 276 g/mol. The molecular formula is C14H20N4S. The Labute approximate surface area is 118 Å². The molecule has 1 N–H and O–H groups in total. The van der Waals surface area contributed by atoms with Crippen LogP contribution in [0.4, 0.5) is 0 Å². The molecule has 0 fully saturated rings. The fourth-order valence-electron chi connectivity index (χ4n) is 1.78. The Kier molecular flexibility index (Phi) is 5.42. The number of rotatable bonds is 7. The van der Waals surface area contributed by atoms with E-state index >= 15 is 0 Å². The summed E-state index contributed by atoms with van der Waals surface area (Å²) < 4.78 is 1.94. The number of nitrogens with zero attached hydrogens (tertiary/aromatic N) is 3. The van der Waals surface area contributed by atoms with Gasteiger partial charge in [-0.15, -0.1) is 11.8 Å². The number of thioether (sulfide) groups is 1. The third-order valence-electron chi connectivity index (χ3n) is 2.87. The van der Waals surface area contributed by atoms with Crippen molar-refractivity contribution in [1.82, 2.24) is 20.1 Å². The lowest BCUT2D eigenvalue weighted by Gasteiger charge is -2.05. The van der Waals surface area contributed by atoms with Crippen LogP contribution in [0.25, 0.3) is 0 Å². The molecule has 0 atom stereocenters. The van der Waals surface area contributed by atoms with Crippen molar-refractivity contribution >= 4 is 11.8 Å². The Morgan fingerprint density at radius 2 is 2.00 bits per heavy atom. The maximum atomic E-state index is 4.28. The average Bonchev–Trinajstić information content (AvgIpc) is 2.91. The molecule has 1 heterocycles. The van der Waals surface area contributed by atoms with Crippen LogP contribution in [0.5, 0.6) is 0 Å². The van der Waals surface area contributed by atoms with Crippen LogP contribution in [0.3, 0.4) is 0 Å². The van der Waals surface area contributed by atoms with Gasteiger partial charge in [0.2, 0.25) is 0 Å². The van der Waals surface area contributed by atoms with Gasteiger partial charge in [0.25, 0.3) is 0 Å². The van der Waals surface area contributed by atoms with Crippen LogP contribution >= 0.6 is 11.8 Å². The van der Waals surface area contributed by atoms with E-state index in [-0.39, 0.29) is 0 Å². The van der Waals surface area contributed by atoms with E-state index in [1.165, 1.54) is 10.5 Å². The molecule has 0 bridgehead atoms. The lowest BCUT2D eigenvalue weighted by Crippen LogP contribution is -2.11. The molecule has 0 radical (unpaired) electrons. The predicted octanol–water partition coefficient (Wildman–Crippen LogP) is 2.70. The number of benzene rings is 1. The fourth-order valence-corrected chi connectivity index (χ4v) is 2.63. The largest absolute Gasteiger partial charge is 0.313 e. The smallest absolute Gasteiger partial charge is 0.138 e. The van der Waals surface area contributed by atoms with Crippen molar-refractivity contribution in [3.63, 3.8) is 0 Å². The van der Waals surface area contributed by atoms with Crippen LogP contribution in [0.2, 0.25) is 0 Å². The second kappa shape index (κ2) is 7.31. The molecule has 1 aromatic heterocycles. The summed E-state index contributed by atoms with van der Waals surface area (Å²) in [5, 5.41) is 7.50. The first-order valence-electron chi connectivity index (χ1n) is 6.62. The van der Waals surface area contributed by atoms with Gasteiger partial charge in [0.05, 0.1) is 5.75 Å². The Hall–Kier alpha value is -1.33. The average molecular weight is 276 g/mol. The summed E-state index contributed by atoms with van der Waals surface area (Å²) in [5.74, 6) is 1.89. The third-order valence-corrected chi connectivity index (χ3v) is 3.87. The van der Waals surface area contributed by atoms with Crippen LogP contribution in [-0.2, 0) is 18.8 Å². The molecule has 0 saturated carbocycles. The zero-order valence-corrected chi connectivity index (χ0v) is 12.3. The molecule has 2 aromatic rings. The second-order valence-electron chi connectivity index (χ2n) is 4.20. The molecule has 0 aliphatic carbocycles. The molecule has 2 rings (SSSR count). The number of aromatic nitrogens is 3. The van der Waals surface area contributed by atoms with Crippen LogP contribution in [0.1, 0.15) is 25.2 Å². The summed E-state index contributed by atoms with van der Waals surface area (Å²) in [5.41, 5.74) is 1.32. The van der Waals surface area contributed by atoms with Crippen molar-refractivity contribution in [1.29, 1.82) is 0 Å². The van der Waals surface area contributed by atoms with Crippen LogP contribution in [0, 0.1) is 0 Å². The first-order valence-corrected chi connectivity index (χ1v) is 7.61. The standard InChI is InChI=1S/C14H20N4S/c1-3-15-9-12-5-7-13(8-6-12)19-10-14-16-11-17-18(14)4-2/h5-8,11,15H,3-4,9-10H2,1-2H3. The summed E-state index contributed by atoms with van der Waals surface area (Å²) >= 11 is 1.80. The first-order chi connectivity index (χ1) is 9.33. The van der Waals surface area contributed by atoms with E-state index in [1.807, 2.05) is 4.68 Å². The summed E-state index contributed by atoms with van der Waals surface area (Å²) in [6.07, 6.45) is 1.62. The Morgan fingerprint density at radius 3 is 2.68 bits per heavy atom. The molecule has 19 heavy (non-hydrogen) atoms. The topological polar surface area (TPSA) is 42.7 Å². The molecule has 0 amide bonds. The molecule has 0 spiro atoms. The molecule has 0 unspecified atom stereocenters. The highest BCUT2D eigenvalue weighted by Gasteiger charge is 2.03. The van der Waals surface area contributed by atoms with Crippen LogP contribution in [0.15, 0.2) is 35.5 Å². The van der Waals surface area contributed by atoms with E-state index in [0.29, 0.717) is 0 Å². The van der Waals surface area contributed by atoms with E-state index in [0.717, 1.165) is 31.2 Å². The van der Waals surface area contributed by atoms with Crippen molar-refractivity contribution in [3.05, 3.63) is 42.0 Å². The molecular weight excluding hydrogens is 256 g/mol. The Bertz CT molecular complexity index is 492. The lowest BCUT2D eigenvalue weighted by atomic mass is 10.2. The maximum Gasteiger partial charge on any atom is 0.138 e. The molecule has 0 saturated heterocycles. The minimum absolute atomic E-state index is 0.862. The van der Waals surface area contributed by atoms with E-state index < -0.39 is 0 Å². The number of aryl methyl sites for hydroxylation is 1. The first kappa shape index (κ1) is 14.1. The zero-order valence-electron chi connectivity index (χ0n) is 11.5. The third kappa shape index (κ3) is 4.08. The number of hydrogen-bond acceptors (Lipinski definition) is 4. The van der Waals surface area contributed by atoms with Gasteiger partial charge in [0.1, 0.15) is 12.2 Å². The summed E-state index contributed by atoms with van der Waals surface area (Å²) in [6.45, 7) is 7.01. The normalized spacial score (nSPS) is 10.8. The minimum atomic E-state index is 0.862. The van der Waals surface area contributed by atoms with Gasteiger partial charge in [0, 0.05) is 18.0 Å². The summed E-state index contributed by atoms with van der Waals surface area (Å²) in [4.78, 5) is 5.55. The van der Waals surface area contributed by atoms with Crippen molar-refractivity contribution in [3.8, 4) is 0 Å². The molecule has 102 valence electrons. The predicted molar refractivity (Wildman–Crippen MR) is 79.1 cm³/mol. The van der Waals surface area contributed by atoms with Gasteiger partial charge in [0.15, 0.2) is 0 Å². The number of nitrogens with one attached hydrogen (secondary N) is 1. The van der Waals surface area contributed by atoms with Gasteiger partial charge < -0.3 is 5.32 Å². The highest BCUT2D eigenvalue weighted by molar-refractivity contribution is 7.98. The fraction of sp³-hybridized carbons (Fsp3) is 0.429. The molecule has 0 aliphatic rings. The zero-order chi connectivity index (χ0) is 13.5. The van der Waals surface area contributed by atoms with Gasteiger partial charge in [-0.2, -0.15) is 5.10 Å². The maximum absolute atomic E-state index is 4.28. The number of hydrogen-bond donors (Lipinski definition) is 1. The molecule has 0 aliphatic heterocycles. The van der Waals surface area contributed by atoms with E-state index in [2.05, 4.69) is 53.5 Å². The SMILES string of the molecule is CCNCc1ccc(SCc2ncnn2CC)cc1. The van der Waals surface area contributed by atoms with Crippen LogP contribution < -0.4 is 5.32 Å².